The van der Waals surface area contributed by atoms with Gasteiger partial charge in [0.15, 0.2) is 0 Å². The van der Waals surface area contributed by atoms with Crippen molar-refractivity contribution < 1.29 is 4.79 Å². The zero-order chi connectivity index (χ0) is 15.7. The van der Waals surface area contributed by atoms with Gasteiger partial charge in [-0.3, -0.25) is 4.79 Å². The molecule has 114 valence electrons. The number of nitrogens with zero attached hydrogens (tertiary/aromatic N) is 3. The number of hydrogen-bond donors (Lipinski definition) is 1. The average molecular weight is 306 g/mol. The van der Waals surface area contributed by atoms with E-state index in [-0.39, 0.29) is 5.91 Å². The number of anilines is 2. The van der Waals surface area contributed by atoms with Gasteiger partial charge in [-0.2, -0.15) is 5.26 Å². The fraction of sp³-hybridized carbons (Fsp3) is 0.600. The molecule has 2 heterocycles. The van der Waals surface area contributed by atoms with E-state index in [1.165, 1.54) is 22.7 Å². The van der Waals surface area contributed by atoms with E-state index in [1.807, 2.05) is 0 Å². The first kappa shape index (κ1) is 15.6. The van der Waals surface area contributed by atoms with E-state index in [0.717, 1.165) is 18.1 Å². The van der Waals surface area contributed by atoms with Crippen LogP contribution in [0, 0.1) is 23.2 Å². The van der Waals surface area contributed by atoms with Crippen molar-refractivity contribution >= 4 is 27.9 Å². The average Bonchev–Trinajstić information content (AvgIpc) is 2.73. The lowest BCUT2D eigenvalue weighted by molar-refractivity contribution is 0.0833. The molecule has 0 bridgehead atoms. The van der Waals surface area contributed by atoms with Gasteiger partial charge in [0.25, 0.3) is 5.91 Å². The summed E-state index contributed by atoms with van der Waals surface area (Å²) in [4.78, 5) is 16.4. The highest BCUT2D eigenvalue weighted by molar-refractivity contribution is 7.19. The zero-order valence-corrected chi connectivity index (χ0v) is 13.8. The summed E-state index contributed by atoms with van der Waals surface area (Å²) in [7, 11) is 3.39. The van der Waals surface area contributed by atoms with E-state index >= 15 is 0 Å². The van der Waals surface area contributed by atoms with Crippen LogP contribution < -0.4 is 10.6 Å². The fourth-order valence-corrected chi connectivity index (χ4v) is 4.16. The molecule has 0 aromatic carbocycles. The monoisotopic (exact) mass is 306 g/mol. The lowest BCUT2D eigenvalue weighted by Gasteiger charge is -2.35. The molecule has 1 saturated heterocycles. The molecule has 5 nitrogen and oxygen atoms in total. The van der Waals surface area contributed by atoms with Gasteiger partial charge in [-0.1, -0.05) is 13.8 Å². The first-order chi connectivity index (χ1) is 9.85. The highest BCUT2D eigenvalue weighted by atomic mass is 32.1. The van der Waals surface area contributed by atoms with Crippen LogP contribution in [-0.4, -0.2) is 38.0 Å². The normalized spacial score (nSPS) is 22.0. The Kier molecular flexibility index (Phi) is 4.43. The minimum absolute atomic E-state index is 0.140. The molecular weight excluding hydrogens is 284 g/mol. The van der Waals surface area contributed by atoms with Gasteiger partial charge in [0.05, 0.1) is 5.69 Å². The molecule has 6 heteroatoms. The summed E-state index contributed by atoms with van der Waals surface area (Å²) in [6.45, 7) is 6.26. The lowest BCUT2D eigenvalue weighted by atomic mass is 9.92. The van der Waals surface area contributed by atoms with Crippen molar-refractivity contribution in [2.45, 2.75) is 20.3 Å². The molecule has 1 aliphatic heterocycles. The Hall–Kier alpha value is -1.74. The van der Waals surface area contributed by atoms with Gasteiger partial charge >= 0.3 is 0 Å². The largest absolute Gasteiger partial charge is 0.396 e. The molecule has 2 atom stereocenters. The Morgan fingerprint density at radius 3 is 2.43 bits per heavy atom. The van der Waals surface area contributed by atoms with Crippen LogP contribution in [0.15, 0.2) is 0 Å². The third-order valence-electron chi connectivity index (χ3n) is 3.79. The quantitative estimate of drug-likeness (QED) is 0.910. The van der Waals surface area contributed by atoms with Crippen LogP contribution in [0.1, 0.15) is 35.5 Å². The summed E-state index contributed by atoms with van der Waals surface area (Å²) in [5.41, 5.74) is 6.81. The van der Waals surface area contributed by atoms with Crippen LogP contribution in [0.3, 0.4) is 0 Å². The molecule has 1 amide bonds. The van der Waals surface area contributed by atoms with Gasteiger partial charge in [0, 0.05) is 27.2 Å². The van der Waals surface area contributed by atoms with Crippen LogP contribution in [0.4, 0.5) is 10.7 Å². The standard InChI is InChI=1S/C15H22N4OS/c1-9-5-10(2)8-19(7-9)15-11(6-16)12(17)13(21-15)14(20)18(3)4/h9-10H,5,7-8,17H2,1-4H3. The number of rotatable bonds is 2. The van der Waals surface area contributed by atoms with Crippen molar-refractivity contribution in [2.75, 3.05) is 37.8 Å². The van der Waals surface area contributed by atoms with Crippen molar-refractivity contribution in [1.82, 2.24) is 4.90 Å². The second-order valence-corrected chi connectivity index (χ2v) is 7.19. The smallest absolute Gasteiger partial charge is 0.265 e. The van der Waals surface area contributed by atoms with Crippen LogP contribution in [0.25, 0.3) is 0 Å². The number of carbonyl (C=O) groups is 1. The van der Waals surface area contributed by atoms with Gasteiger partial charge in [0.2, 0.25) is 0 Å². The predicted octanol–water partition coefficient (Wildman–Crippen LogP) is 2.39. The van der Waals surface area contributed by atoms with Crippen molar-refractivity contribution in [3.05, 3.63) is 10.4 Å². The Balaban J connectivity index is 2.42. The minimum atomic E-state index is -0.140. The lowest BCUT2D eigenvalue weighted by Crippen LogP contribution is -2.38. The first-order valence-corrected chi connectivity index (χ1v) is 7.95. The van der Waals surface area contributed by atoms with Crippen LogP contribution in [-0.2, 0) is 0 Å². The van der Waals surface area contributed by atoms with Crippen LogP contribution >= 0.6 is 11.3 Å². The SMILES string of the molecule is CC1CC(C)CN(c2sc(C(=O)N(C)C)c(N)c2C#N)C1. The molecule has 21 heavy (non-hydrogen) atoms. The third-order valence-corrected chi connectivity index (χ3v) is 5.05. The Labute approximate surface area is 129 Å². The number of thiophene rings is 1. The third kappa shape index (κ3) is 2.98. The van der Waals surface area contributed by atoms with Crippen molar-refractivity contribution in [2.24, 2.45) is 11.8 Å². The Morgan fingerprint density at radius 2 is 1.95 bits per heavy atom. The second-order valence-electron chi connectivity index (χ2n) is 6.19. The van der Waals surface area contributed by atoms with E-state index in [9.17, 15) is 10.1 Å². The topological polar surface area (TPSA) is 73.4 Å². The summed E-state index contributed by atoms with van der Waals surface area (Å²) in [6.07, 6.45) is 1.20. The minimum Gasteiger partial charge on any atom is -0.396 e. The molecule has 0 spiro atoms. The number of nitrogens with two attached hydrogens (primary N) is 1. The fourth-order valence-electron chi connectivity index (χ4n) is 2.95. The van der Waals surface area contributed by atoms with E-state index in [2.05, 4.69) is 24.8 Å². The summed E-state index contributed by atoms with van der Waals surface area (Å²) >= 11 is 1.34. The first-order valence-electron chi connectivity index (χ1n) is 7.14. The van der Waals surface area contributed by atoms with Gasteiger partial charge in [0.1, 0.15) is 21.5 Å². The van der Waals surface area contributed by atoms with Gasteiger partial charge in [-0.15, -0.1) is 11.3 Å². The van der Waals surface area contributed by atoms with Crippen molar-refractivity contribution in [3.63, 3.8) is 0 Å². The number of hydrogen-bond acceptors (Lipinski definition) is 5. The molecule has 0 radical (unpaired) electrons. The molecule has 0 aliphatic carbocycles. The maximum absolute atomic E-state index is 12.2. The predicted molar refractivity (Wildman–Crippen MR) is 86.6 cm³/mol. The summed E-state index contributed by atoms with van der Waals surface area (Å²) in [5, 5.41) is 10.3. The number of carbonyl (C=O) groups excluding carboxylic acids is 1. The maximum Gasteiger partial charge on any atom is 0.265 e. The molecule has 0 saturated carbocycles. The van der Waals surface area contributed by atoms with E-state index < -0.39 is 0 Å². The summed E-state index contributed by atoms with van der Waals surface area (Å²) in [6, 6.07) is 2.18. The molecule has 1 aromatic heterocycles. The van der Waals surface area contributed by atoms with E-state index in [0.29, 0.717) is 28.0 Å². The van der Waals surface area contributed by atoms with Gasteiger partial charge in [-0.25, -0.2) is 0 Å². The molecule has 2 rings (SSSR count). The summed E-state index contributed by atoms with van der Waals surface area (Å²) < 4.78 is 0. The van der Waals surface area contributed by atoms with Crippen molar-refractivity contribution in [1.29, 1.82) is 5.26 Å². The maximum atomic E-state index is 12.2. The molecule has 1 aromatic rings. The highest BCUT2D eigenvalue weighted by Crippen LogP contribution is 2.40. The van der Waals surface area contributed by atoms with E-state index in [4.69, 9.17) is 5.73 Å². The van der Waals surface area contributed by atoms with Gasteiger partial charge in [-0.05, 0) is 18.3 Å². The number of nitrogen functional groups attached to an aromatic ring is 1. The zero-order valence-electron chi connectivity index (χ0n) is 13.0. The number of nitriles is 1. The number of piperidine rings is 1. The number of amides is 1. The highest BCUT2D eigenvalue weighted by Gasteiger charge is 2.29. The van der Waals surface area contributed by atoms with Crippen LogP contribution in [0.2, 0.25) is 0 Å². The molecule has 1 fully saturated rings. The Morgan fingerprint density at radius 1 is 1.38 bits per heavy atom. The van der Waals surface area contributed by atoms with E-state index in [1.54, 1.807) is 14.1 Å². The van der Waals surface area contributed by atoms with Gasteiger partial charge < -0.3 is 15.5 Å². The molecule has 2 unspecified atom stereocenters. The Bertz CT molecular complexity index is 577. The summed E-state index contributed by atoms with van der Waals surface area (Å²) in [5.74, 6) is 1.02. The van der Waals surface area contributed by atoms with Crippen LogP contribution in [0.5, 0.6) is 0 Å². The molecular formula is C15H22N4OS. The molecule has 1 aliphatic rings. The molecule has 2 N–H and O–H groups in total. The second kappa shape index (κ2) is 5.94. The van der Waals surface area contributed by atoms with Crippen molar-refractivity contribution in [3.8, 4) is 6.07 Å².